The Labute approximate surface area is 162 Å². The fourth-order valence-electron chi connectivity index (χ4n) is 3.55. The van der Waals surface area contributed by atoms with Gasteiger partial charge >= 0.3 is 0 Å². The van der Waals surface area contributed by atoms with E-state index in [2.05, 4.69) is 46.6 Å². The van der Waals surface area contributed by atoms with E-state index in [0.717, 1.165) is 17.7 Å². The predicted molar refractivity (Wildman–Crippen MR) is 111 cm³/mol. The highest BCUT2D eigenvalue weighted by atomic mass is 16.2. The lowest BCUT2D eigenvalue weighted by atomic mass is 9.98. The molecule has 1 amide bonds. The number of benzene rings is 2. The maximum absolute atomic E-state index is 12.2. The molecule has 0 spiro atoms. The van der Waals surface area contributed by atoms with Crippen LogP contribution in [0.2, 0.25) is 0 Å². The average Bonchev–Trinajstić information content (AvgIpc) is 3.19. The summed E-state index contributed by atoms with van der Waals surface area (Å²) in [6, 6.07) is 16.6. The monoisotopic (exact) mass is 365 g/mol. The third-order valence-electron chi connectivity index (χ3n) is 5.36. The van der Waals surface area contributed by atoms with Crippen LogP contribution < -0.4 is 11.1 Å². The molecule has 0 aromatic heterocycles. The molecule has 0 radical (unpaired) electrons. The highest BCUT2D eigenvalue weighted by molar-refractivity contribution is 5.82. The lowest BCUT2D eigenvalue weighted by Gasteiger charge is -2.17. The largest absolute Gasteiger partial charge is 0.351 e. The zero-order valence-corrected chi connectivity index (χ0v) is 16.4. The van der Waals surface area contributed by atoms with E-state index in [1.165, 1.54) is 37.1 Å². The van der Waals surface area contributed by atoms with Gasteiger partial charge in [-0.2, -0.15) is 0 Å². The number of rotatable bonds is 7. The third-order valence-corrected chi connectivity index (χ3v) is 5.36. The maximum atomic E-state index is 12.2. The smallest absolute Gasteiger partial charge is 0.237 e. The van der Waals surface area contributed by atoms with E-state index in [1.807, 2.05) is 26.0 Å². The van der Waals surface area contributed by atoms with Crippen molar-refractivity contribution in [1.29, 1.82) is 0 Å². The Hall–Kier alpha value is -2.17. The summed E-state index contributed by atoms with van der Waals surface area (Å²) in [7, 11) is 0. The van der Waals surface area contributed by atoms with Gasteiger partial charge in [0.05, 0.1) is 6.04 Å². The second-order valence-electron chi connectivity index (χ2n) is 7.82. The van der Waals surface area contributed by atoms with Crippen molar-refractivity contribution in [3.63, 3.8) is 0 Å². The molecule has 0 unspecified atom stereocenters. The van der Waals surface area contributed by atoms with Crippen LogP contribution in [0.4, 0.5) is 0 Å². The molecule has 0 saturated carbocycles. The summed E-state index contributed by atoms with van der Waals surface area (Å²) in [6.07, 6.45) is 2.63. The van der Waals surface area contributed by atoms with Crippen LogP contribution in [0.15, 0.2) is 48.5 Å². The fraction of sp³-hybridized carbons (Fsp3) is 0.435. The van der Waals surface area contributed by atoms with Gasteiger partial charge in [-0.15, -0.1) is 0 Å². The maximum Gasteiger partial charge on any atom is 0.237 e. The first-order valence-corrected chi connectivity index (χ1v) is 9.97. The number of hydrogen-bond donors (Lipinski definition) is 2. The third kappa shape index (κ3) is 5.18. The van der Waals surface area contributed by atoms with Gasteiger partial charge in [0.2, 0.25) is 5.91 Å². The Kier molecular flexibility index (Phi) is 6.64. The summed E-state index contributed by atoms with van der Waals surface area (Å²) in [5, 5.41) is 2.98. The fourth-order valence-corrected chi connectivity index (χ4v) is 3.55. The van der Waals surface area contributed by atoms with Crippen LogP contribution >= 0.6 is 0 Å². The van der Waals surface area contributed by atoms with Gasteiger partial charge in [0.1, 0.15) is 0 Å². The summed E-state index contributed by atoms with van der Waals surface area (Å²) in [4.78, 5) is 14.7. The first kappa shape index (κ1) is 19.6. The van der Waals surface area contributed by atoms with Crippen molar-refractivity contribution in [2.24, 2.45) is 11.7 Å². The van der Waals surface area contributed by atoms with Crippen molar-refractivity contribution >= 4 is 5.91 Å². The number of nitrogens with two attached hydrogens (primary N) is 1. The molecule has 1 saturated heterocycles. The van der Waals surface area contributed by atoms with Gasteiger partial charge in [0, 0.05) is 13.1 Å². The van der Waals surface area contributed by atoms with Gasteiger partial charge < -0.3 is 11.1 Å². The van der Waals surface area contributed by atoms with Crippen molar-refractivity contribution < 1.29 is 4.79 Å². The molecule has 4 heteroatoms. The van der Waals surface area contributed by atoms with Gasteiger partial charge in [-0.1, -0.05) is 62.4 Å². The Morgan fingerprint density at radius 2 is 1.74 bits per heavy atom. The molecule has 2 aromatic carbocycles. The van der Waals surface area contributed by atoms with E-state index in [-0.39, 0.29) is 11.8 Å². The van der Waals surface area contributed by atoms with Crippen LogP contribution in [0.25, 0.3) is 11.1 Å². The van der Waals surface area contributed by atoms with E-state index >= 15 is 0 Å². The summed E-state index contributed by atoms with van der Waals surface area (Å²) in [5.41, 5.74) is 10.7. The molecule has 2 aromatic rings. The van der Waals surface area contributed by atoms with Gasteiger partial charge in [-0.25, -0.2) is 0 Å². The number of carbonyl (C=O) groups is 1. The van der Waals surface area contributed by atoms with Gasteiger partial charge in [-0.05, 0) is 54.1 Å². The van der Waals surface area contributed by atoms with E-state index in [9.17, 15) is 4.79 Å². The second-order valence-corrected chi connectivity index (χ2v) is 7.82. The topological polar surface area (TPSA) is 58.4 Å². The zero-order valence-electron chi connectivity index (χ0n) is 16.4. The van der Waals surface area contributed by atoms with Gasteiger partial charge in [-0.3, -0.25) is 9.69 Å². The van der Waals surface area contributed by atoms with Crippen molar-refractivity contribution in [2.45, 2.75) is 45.8 Å². The normalized spacial score (nSPS) is 15.9. The Morgan fingerprint density at radius 1 is 1.07 bits per heavy atom. The molecule has 1 fully saturated rings. The molecule has 1 atom stereocenters. The summed E-state index contributed by atoms with van der Waals surface area (Å²) in [6.45, 7) is 7.87. The highest BCUT2D eigenvalue weighted by Crippen LogP contribution is 2.25. The van der Waals surface area contributed by atoms with Crippen LogP contribution in [-0.4, -0.2) is 29.9 Å². The molecule has 1 aliphatic rings. The molecule has 144 valence electrons. The minimum atomic E-state index is -0.470. The SMILES string of the molecule is CC(C)[C@H](N)C(=O)NCc1ccccc1-c1ccc(CN2CCCC2)cc1. The number of amides is 1. The molecule has 27 heavy (non-hydrogen) atoms. The standard InChI is InChI=1S/C23H31N3O/c1-17(2)22(24)23(27)25-15-20-7-3-4-8-21(20)19-11-9-18(10-12-19)16-26-13-5-6-14-26/h3-4,7-12,17,22H,5-6,13-16,24H2,1-2H3,(H,25,27)/t22-/m0/s1. The second kappa shape index (κ2) is 9.16. The van der Waals surface area contributed by atoms with Crippen LogP contribution in [0.3, 0.4) is 0 Å². The minimum Gasteiger partial charge on any atom is -0.351 e. The average molecular weight is 366 g/mol. The van der Waals surface area contributed by atoms with E-state index in [4.69, 9.17) is 5.73 Å². The van der Waals surface area contributed by atoms with Crippen molar-refractivity contribution in [2.75, 3.05) is 13.1 Å². The van der Waals surface area contributed by atoms with Crippen molar-refractivity contribution in [1.82, 2.24) is 10.2 Å². The van der Waals surface area contributed by atoms with E-state index < -0.39 is 6.04 Å². The molecule has 3 rings (SSSR count). The number of likely N-dealkylation sites (tertiary alicyclic amines) is 1. The summed E-state index contributed by atoms with van der Waals surface area (Å²) >= 11 is 0. The van der Waals surface area contributed by atoms with Gasteiger partial charge in [0.25, 0.3) is 0 Å². The molecular formula is C23H31N3O. The molecule has 0 bridgehead atoms. The van der Waals surface area contributed by atoms with Crippen LogP contribution in [0.5, 0.6) is 0 Å². The molecule has 4 nitrogen and oxygen atoms in total. The molecule has 3 N–H and O–H groups in total. The quantitative estimate of drug-likeness (QED) is 0.789. The number of hydrogen-bond acceptors (Lipinski definition) is 3. The van der Waals surface area contributed by atoms with Gasteiger partial charge in [0.15, 0.2) is 0 Å². The highest BCUT2D eigenvalue weighted by Gasteiger charge is 2.17. The van der Waals surface area contributed by atoms with Crippen LogP contribution in [0, 0.1) is 5.92 Å². The zero-order chi connectivity index (χ0) is 19.2. The number of nitrogens with zero attached hydrogens (tertiary/aromatic N) is 1. The number of carbonyl (C=O) groups excluding carboxylic acids is 1. The minimum absolute atomic E-state index is 0.0965. The molecular weight excluding hydrogens is 334 g/mol. The predicted octanol–water partition coefficient (Wildman–Crippen LogP) is 3.55. The Morgan fingerprint density at radius 3 is 2.41 bits per heavy atom. The lowest BCUT2D eigenvalue weighted by Crippen LogP contribution is -2.43. The number of nitrogens with one attached hydrogen (secondary N) is 1. The molecule has 1 heterocycles. The van der Waals surface area contributed by atoms with Crippen LogP contribution in [-0.2, 0) is 17.9 Å². The molecule has 0 aliphatic carbocycles. The Balaban J connectivity index is 1.68. The lowest BCUT2D eigenvalue weighted by molar-refractivity contribution is -0.123. The Bertz CT molecular complexity index is 748. The first-order chi connectivity index (χ1) is 13.0. The first-order valence-electron chi connectivity index (χ1n) is 9.97. The summed E-state index contributed by atoms with van der Waals surface area (Å²) < 4.78 is 0. The van der Waals surface area contributed by atoms with E-state index in [1.54, 1.807) is 0 Å². The molecule has 1 aliphatic heterocycles. The summed E-state index contributed by atoms with van der Waals surface area (Å²) in [5.74, 6) is 0.0316. The van der Waals surface area contributed by atoms with E-state index in [0.29, 0.717) is 6.54 Å². The van der Waals surface area contributed by atoms with Crippen LogP contribution in [0.1, 0.15) is 37.8 Å². The van der Waals surface area contributed by atoms with Crippen molar-refractivity contribution in [3.8, 4) is 11.1 Å². The van der Waals surface area contributed by atoms with Crippen molar-refractivity contribution in [3.05, 3.63) is 59.7 Å².